The van der Waals surface area contributed by atoms with E-state index in [1.165, 1.54) is 12.1 Å². The smallest absolute Gasteiger partial charge is 0.335 e. The first-order valence-corrected chi connectivity index (χ1v) is 11.7. The molecule has 1 fully saturated rings. The van der Waals surface area contributed by atoms with Crippen molar-refractivity contribution >= 4 is 41.2 Å². The lowest BCUT2D eigenvalue weighted by atomic mass is 10.00. The van der Waals surface area contributed by atoms with Crippen molar-refractivity contribution in [3.05, 3.63) is 98.8 Å². The molecule has 0 aliphatic carbocycles. The van der Waals surface area contributed by atoms with Crippen LogP contribution in [0.3, 0.4) is 0 Å². The van der Waals surface area contributed by atoms with Crippen molar-refractivity contribution in [1.82, 2.24) is 5.32 Å². The molecule has 3 aromatic carbocycles. The van der Waals surface area contributed by atoms with E-state index in [2.05, 4.69) is 5.32 Å². The van der Waals surface area contributed by atoms with Crippen molar-refractivity contribution in [2.75, 3.05) is 11.5 Å². The third-order valence-electron chi connectivity index (χ3n) is 5.81. The van der Waals surface area contributed by atoms with Crippen LogP contribution in [0.5, 0.6) is 5.75 Å². The molecule has 36 heavy (non-hydrogen) atoms. The van der Waals surface area contributed by atoms with Crippen LogP contribution in [-0.2, 0) is 16.0 Å². The number of nitrogens with one attached hydrogen (secondary N) is 1. The summed E-state index contributed by atoms with van der Waals surface area (Å²) < 4.78 is 20.0. The van der Waals surface area contributed by atoms with Crippen LogP contribution in [0.1, 0.15) is 34.7 Å². The van der Waals surface area contributed by atoms with Crippen molar-refractivity contribution in [1.29, 1.82) is 0 Å². The van der Waals surface area contributed by atoms with Gasteiger partial charge in [0.2, 0.25) is 0 Å². The quantitative estimate of drug-likeness (QED) is 0.341. The number of rotatable bonds is 6. The molecule has 0 bridgehead atoms. The zero-order valence-corrected chi connectivity index (χ0v) is 20.8. The number of anilines is 1. The van der Waals surface area contributed by atoms with Crippen LogP contribution in [0.4, 0.5) is 14.9 Å². The highest BCUT2D eigenvalue weighted by Crippen LogP contribution is 2.33. The number of amides is 4. The van der Waals surface area contributed by atoms with Crippen LogP contribution < -0.4 is 15.0 Å². The van der Waals surface area contributed by atoms with Gasteiger partial charge in [-0.3, -0.25) is 14.9 Å². The fourth-order valence-corrected chi connectivity index (χ4v) is 4.39. The third kappa shape index (κ3) is 5.02. The molecule has 0 atom stereocenters. The highest BCUT2D eigenvalue weighted by molar-refractivity contribution is 6.39. The first-order chi connectivity index (χ1) is 17.2. The summed E-state index contributed by atoms with van der Waals surface area (Å²) in [5, 5.41) is 2.52. The molecule has 1 heterocycles. The summed E-state index contributed by atoms with van der Waals surface area (Å²) in [6.45, 7) is 5.82. The number of ether oxygens (including phenoxy) is 1. The molecule has 0 saturated carbocycles. The molecular weight excluding hydrogens is 483 g/mol. The van der Waals surface area contributed by atoms with Crippen molar-refractivity contribution in [3.63, 3.8) is 0 Å². The lowest BCUT2D eigenvalue weighted by Crippen LogP contribution is -2.54. The third-order valence-corrected chi connectivity index (χ3v) is 6.14. The maximum Gasteiger partial charge on any atom is 0.335 e. The molecule has 0 radical (unpaired) electrons. The monoisotopic (exact) mass is 506 g/mol. The summed E-state index contributed by atoms with van der Waals surface area (Å²) in [6.07, 6.45) is 1.56. The number of benzene rings is 3. The van der Waals surface area contributed by atoms with Crippen molar-refractivity contribution in [2.24, 2.45) is 0 Å². The minimum absolute atomic E-state index is 0.200. The SMILES string of the molecule is CCOc1cc(/C=C2\C(=O)NC(=O)N(c3ccc(C)cc3C)C2=O)cc(Cl)c1Cc1ccccc1F. The standard InChI is InChI=1S/C28H24ClFN2O4/c1-4-36-25-14-18(13-22(29)20(25)15-19-7-5-6-8-23(19)30)12-21-26(33)31-28(35)32(27(21)34)24-10-9-16(2)11-17(24)3/h5-14H,4,15H2,1-3H3,(H,31,33,35)/b21-12+. The minimum atomic E-state index is -0.817. The lowest BCUT2D eigenvalue weighted by molar-refractivity contribution is -0.122. The fraction of sp³-hybridized carbons (Fsp3) is 0.179. The van der Waals surface area contributed by atoms with E-state index < -0.39 is 17.8 Å². The van der Waals surface area contributed by atoms with Gasteiger partial charge in [0, 0.05) is 17.0 Å². The van der Waals surface area contributed by atoms with Gasteiger partial charge in [-0.05, 0) is 67.8 Å². The van der Waals surface area contributed by atoms with Crippen molar-refractivity contribution in [3.8, 4) is 5.75 Å². The molecule has 3 aromatic rings. The number of hydrogen-bond donors (Lipinski definition) is 1. The fourth-order valence-electron chi connectivity index (χ4n) is 4.10. The summed E-state index contributed by atoms with van der Waals surface area (Å²) in [5.74, 6) is -1.51. The number of urea groups is 1. The molecule has 4 rings (SSSR count). The van der Waals surface area contributed by atoms with Crippen molar-refractivity contribution < 1.29 is 23.5 Å². The lowest BCUT2D eigenvalue weighted by Gasteiger charge is -2.27. The van der Waals surface area contributed by atoms with Crippen LogP contribution in [0.2, 0.25) is 5.02 Å². The number of carbonyl (C=O) groups excluding carboxylic acids is 3. The second-order valence-electron chi connectivity index (χ2n) is 8.43. The second kappa shape index (κ2) is 10.3. The summed E-state index contributed by atoms with van der Waals surface area (Å²) in [7, 11) is 0. The molecule has 184 valence electrons. The molecular formula is C28H24ClFN2O4. The molecule has 4 amide bonds. The first kappa shape index (κ1) is 25.1. The Kier molecular flexibility index (Phi) is 7.22. The molecule has 1 N–H and O–H groups in total. The van der Waals surface area contributed by atoms with Gasteiger partial charge in [-0.2, -0.15) is 0 Å². The van der Waals surface area contributed by atoms with Crippen LogP contribution in [0.15, 0.2) is 60.2 Å². The minimum Gasteiger partial charge on any atom is -0.494 e. The van der Waals surface area contributed by atoms with E-state index in [1.54, 1.807) is 56.3 Å². The van der Waals surface area contributed by atoms with Gasteiger partial charge in [0.1, 0.15) is 17.1 Å². The summed E-state index contributed by atoms with van der Waals surface area (Å²) in [4.78, 5) is 39.4. The van der Waals surface area contributed by atoms with E-state index in [0.717, 1.165) is 10.5 Å². The summed E-state index contributed by atoms with van der Waals surface area (Å²) in [6, 6.07) is 14.1. The van der Waals surface area contributed by atoms with Gasteiger partial charge in [-0.15, -0.1) is 0 Å². The Labute approximate surface area is 213 Å². The van der Waals surface area contributed by atoms with Gasteiger partial charge in [0.05, 0.1) is 12.3 Å². The van der Waals surface area contributed by atoms with E-state index in [9.17, 15) is 18.8 Å². The Hall–Kier alpha value is -3.97. The molecule has 1 saturated heterocycles. The van der Waals surface area contributed by atoms with Gasteiger partial charge >= 0.3 is 6.03 Å². The number of aryl methyl sites for hydroxylation is 2. The van der Waals surface area contributed by atoms with Crippen LogP contribution in [0, 0.1) is 19.7 Å². The number of barbiturate groups is 1. The van der Waals surface area contributed by atoms with Gasteiger partial charge in [0.15, 0.2) is 0 Å². The number of nitrogens with zero attached hydrogens (tertiary/aromatic N) is 1. The number of halogens is 2. The normalized spacial score (nSPS) is 14.9. The summed E-state index contributed by atoms with van der Waals surface area (Å²) in [5.41, 5.74) is 3.31. The van der Waals surface area contributed by atoms with E-state index in [0.29, 0.717) is 45.3 Å². The molecule has 0 spiro atoms. The van der Waals surface area contributed by atoms with Gasteiger partial charge in [0.25, 0.3) is 11.8 Å². The zero-order valence-electron chi connectivity index (χ0n) is 20.0. The molecule has 8 heteroatoms. The van der Waals surface area contributed by atoms with E-state index in [4.69, 9.17) is 16.3 Å². The molecule has 0 aromatic heterocycles. The Bertz CT molecular complexity index is 1420. The predicted octanol–water partition coefficient (Wildman–Crippen LogP) is 5.75. The van der Waals surface area contributed by atoms with E-state index in [-0.39, 0.29) is 17.8 Å². The Morgan fingerprint density at radius 2 is 1.81 bits per heavy atom. The van der Waals surface area contributed by atoms with Gasteiger partial charge in [-0.1, -0.05) is 47.5 Å². The molecule has 0 unspecified atom stereocenters. The molecule has 1 aliphatic rings. The van der Waals surface area contributed by atoms with Crippen LogP contribution >= 0.6 is 11.6 Å². The number of carbonyl (C=O) groups is 3. The van der Waals surface area contributed by atoms with Gasteiger partial charge < -0.3 is 4.74 Å². The maximum absolute atomic E-state index is 14.3. The average molecular weight is 507 g/mol. The van der Waals surface area contributed by atoms with Gasteiger partial charge in [-0.25, -0.2) is 14.1 Å². The maximum atomic E-state index is 14.3. The number of hydrogen-bond acceptors (Lipinski definition) is 4. The Morgan fingerprint density at radius 3 is 2.50 bits per heavy atom. The highest BCUT2D eigenvalue weighted by Gasteiger charge is 2.37. The van der Waals surface area contributed by atoms with Crippen LogP contribution in [0.25, 0.3) is 6.08 Å². The molecule has 6 nitrogen and oxygen atoms in total. The zero-order chi connectivity index (χ0) is 26.0. The van der Waals surface area contributed by atoms with Crippen molar-refractivity contribution in [2.45, 2.75) is 27.2 Å². The Balaban J connectivity index is 1.74. The summed E-state index contributed by atoms with van der Waals surface area (Å²) >= 11 is 6.56. The van der Waals surface area contributed by atoms with Crippen LogP contribution in [-0.4, -0.2) is 24.5 Å². The Morgan fingerprint density at radius 1 is 1.06 bits per heavy atom. The average Bonchev–Trinajstić information content (AvgIpc) is 2.81. The number of imide groups is 2. The second-order valence-corrected chi connectivity index (χ2v) is 8.84. The van der Waals surface area contributed by atoms with E-state index in [1.807, 2.05) is 13.0 Å². The predicted molar refractivity (Wildman–Crippen MR) is 137 cm³/mol. The van der Waals surface area contributed by atoms with E-state index >= 15 is 0 Å². The topological polar surface area (TPSA) is 75.7 Å². The highest BCUT2D eigenvalue weighted by atomic mass is 35.5. The largest absolute Gasteiger partial charge is 0.494 e. The molecule has 1 aliphatic heterocycles. The first-order valence-electron chi connectivity index (χ1n) is 11.4.